The minimum absolute atomic E-state index is 0.0684. The van der Waals surface area contributed by atoms with Crippen molar-refractivity contribution in [3.05, 3.63) is 64.3 Å². The van der Waals surface area contributed by atoms with E-state index in [9.17, 15) is 26.4 Å². The van der Waals surface area contributed by atoms with Crippen LogP contribution in [0, 0.1) is 0 Å². The molecule has 3 heterocycles. The number of rotatable bonds is 7. The smallest absolute Gasteiger partial charge is 0.365 e. The maximum Gasteiger partial charge on any atom is 0.421 e. The SMILES string of the molecule is CN(c1ncccc1CNc1nc(Nc2ccc3[nH]c(=O)n(C)c3c2)ncc1C(F)(F)F)S(C)(=O)=O. The van der Waals surface area contributed by atoms with Crippen LogP contribution in [0.2, 0.25) is 0 Å². The fourth-order valence-electron chi connectivity index (χ4n) is 3.40. The van der Waals surface area contributed by atoms with Crippen molar-refractivity contribution in [2.24, 2.45) is 7.05 Å². The Morgan fingerprint density at radius 1 is 1.19 bits per heavy atom. The first-order valence-corrected chi connectivity index (χ1v) is 12.2. The van der Waals surface area contributed by atoms with Crippen molar-refractivity contribution in [1.82, 2.24) is 24.5 Å². The summed E-state index contributed by atoms with van der Waals surface area (Å²) in [5.41, 5.74) is 0.552. The summed E-state index contributed by atoms with van der Waals surface area (Å²) >= 11 is 0. The molecule has 1 aromatic carbocycles. The Morgan fingerprint density at radius 2 is 1.94 bits per heavy atom. The van der Waals surface area contributed by atoms with Gasteiger partial charge in [-0.25, -0.2) is 23.2 Å². The number of nitrogens with zero attached hydrogens (tertiary/aromatic N) is 5. The standard InChI is InChI=1S/C21H21F3N8O3S/c1-31-16-9-13(6-7-15(16)29-20(31)33)28-19-27-11-14(21(22,23)24)17(30-19)26-10-12-5-4-8-25-18(12)32(2)36(3,34)35/h4-9,11H,10H2,1-3H3,(H,29,33)(H2,26,27,28,30). The highest BCUT2D eigenvalue weighted by Gasteiger charge is 2.35. The average Bonchev–Trinajstić information content (AvgIpc) is 3.09. The summed E-state index contributed by atoms with van der Waals surface area (Å²) in [6.07, 6.45) is -1.73. The molecule has 0 bridgehead atoms. The van der Waals surface area contributed by atoms with Crippen LogP contribution in [0.5, 0.6) is 0 Å². The molecule has 0 unspecified atom stereocenters. The first-order valence-electron chi connectivity index (χ1n) is 10.4. The zero-order valence-electron chi connectivity index (χ0n) is 19.3. The van der Waals surface area contributed by atoms with E-state index in [1.54, 1.807) is 37.4 Å². The quantitative estimate of drug-likeness (QED) is 0.337. The molecule has 0 atom stereocenters. The molecule has 0 aliphatic carbocycles. The van der Waals surface area contributed by atoms with E-state index in [1.807, 2.05) is 0 Å². The molecule has 15 heteroatoms. The van der Waals surface area contributed by atoms with E-state index in [1.165, 1.54) is 17.8 Å². The predicted molar refractivity (Wildman–Crippen MR) is 129 cm³/mol. The van der Waals surface area contributed by atoms with E-state index in [4.69, 9.17) is 0 Å². The lowest BCUT2D eigenvalue weighted by Crippen LogP contribution is -2.27. The number of sulfonamides is 1. The van der Waals surface area contributed by atoms with Crippen LogP contribution in [0.3, 0.4) is 0 Å². The minimum Gasteiger partial charge on any atom is -0.365 e. The zero-order valence-corrected chi connectivity index (χ0v) is 20.1. The molecule has 3 aromatic heterocycles. The van der Waals surface area contributed by atoms with Gasteiger partial charge in [-0.3, -0.25) is 8.87 Å². The number of fused-ring (bicyclic) bond motifs is 1. The molecular formula is C21H21F3N8O3S. The van der Waals surface area contributed by atoms with E-state index in [0.29, 0.717) is 28.5 Å². The Kier molecular flexibility index (Phi) is 6.34. The Morgan fingerprint density at radius 3 is 2.64 bits per heavy atom. The molecule has 0 aliphatic rings. The van der Waals surface area contributed by atoms with Gasteiger partial charge in [0.2, 0.25) is 16.0 Å². The van der Waals surface area contributed by atoms with E-state index in [-0.39, 0.29) is 24.0 Å². The van der Waals surface area contributed by atoms with Gasteiger partial charge >= 0.3 is 11.9 Å². The third-order valence-corrected chi connectivity index (χ3v) is 6.53. The first kappa shape index (κ1) is 25.0. The van der Waals surface area contributed by atoms with Crippen LogP contribution in [-0.2, 0) is 29.8 Å². The van der Waals surface area contributed by atoms with Crippen LogP contribution >= 0.6 is 0 Å². The monoisotopic (exact) mass is 522 g/mol. The van der Waals surface area contributed by atoms with Gasteiger partial charge in [-0.15, -0.1) is 0 Å². The van der Waals surface area contributed by atoms with Crippen LogP contribution in [0.25, 0.3) is 11.0 Å². The minimum atomic E-state index is -4.75. The zero-order chi connectivity index (χ0) is 26.3. The molecule has 4 rings (SSSR count). The van der Waals surface area contributed by atoms with Gasteiger partial charge < -0.3 is 15.6 Å². The molecule has 0 aliphatic heterocycles. The number of imidazole rings is 1. The van der Waals surface area contributed by atoms with Crippen LogP contribution < -0.4 is 20.6 Å². The molecule has 36 heavy (non-hydrogen) atoms. The second-order valence-corrected chi connectivity index (χ2v) is 9.88. The summed E-state index contributed by atoms with van der Waals surface area (Å²) in [7, 11) is -0.771. The van der Waals surface area contributed by atoms with Gasteiger partial charge in [0.25, 0.3) is 0 Å². The summed E-state index contributed by atoms with van der Waals surface area (Å²) in [6, 6.07) is 7.98. The van der Waals surface area contributed by atoms with Gasteiger partial charge in [-0.2, -0.15) is 18.2 Å². The summed E-state index contributed by atoms with van der Waals surface area (Å²) < 4.78 is 67.1. The molecule has 190 valence electrons. The molecule has 0 saturated carbocycles. The van der Waals surface area contributed by atoms with Gasteiger partial charge in [0.15, 0.2) is 0 Å². The molecular weight excluding hydrogens is 501 g/mol. The molecule has 0 spiro atoms. The largest absolute Gasteiger partial charge is 0.421 e. The number of pyridine rings is 1. The summed E-state index contributed by atoms with van der Waals surface area (Å²) in [5.74, 6) is -0.559. The maximum atomic E-state index is 13.6. The van der Waals surface area contributed by atoms with Crippen molar-refractivity contribution < 1.29 is 21.6 Å². The molecule has 4 aromatic rings. The fraction of sp³-hybridized carbons (Fsp3) is 0.238. The Balaban J connectivity index is 1.65. The lowest BCUT2D eigenvalue weighted by molar-refractivity contribution is -0.137. The fourth-order valence-corrected chi connectivity index (χ4v) is 3.88. The van der Waals surface area contributed by atoms with E-state index >= 15 is 0 Å². The number of aromatic nitrogens is 5. The van der Waals surface area contributed by atoms with Crippen molar-refractivity contribution >= 4 is 44.3 Å². The Labute approximate surface area is 203 Å². The molecule has 0 fully saturated rings. The van der Waals surface area contributed by atoms with Crippen LogP contribution in [0.15, 0.2) is 47.5 Å². The number of aromatic amines is 1. The number of halogens is 3. The highest BCUT2D eigenvalue weighted by atomic mass is 32.2. The van der Waals surface area contributed by atoms with Gasteiger partial charge in [0.05, 0.1) is 17.3 Å². The third-order valence-electron chi connectivity index (χ3n) is 5.37. The number of H-pyrrole nitrogens is 1. The Hall–Kier alpha value is -4.14. The summed E-state index contributed by atoms with van der Waals surface area (Å²) in [5, 5.41) is 5.47. The highest BCUT2D eigenvalue weighted by Crippen LogP contribution is 2.34. The lowest BCUT2D eigenvalue weighted by atomic mass is 10.2. The number of hydrogen-bond acceptors (Lipinski definition) is 8. The number of nitrogens with one attached hydrogen (secondary N) is 3. The molecule has 0 amide bonds. The molecule has 0 radical (unpaired) electrons. The summed E-state index contributed by atoms with van der Waals surface area (Å²) in [6.45, 7) is -0.194. The van der Waals surface area contributed by atoms with Crippen molar-refractivity contribution in [2.75, 3.05) is 28.2 Å². The highest BCUT2D eigenvalue weighted by molar-refractivity contribution is 7.92. The maximum absolute atomic E-state index is 13.6. The first-order chi connectivity index (χ1) is 16.8. The summed E-state index contributed by atoms with van der Waals surface area (Å²) in [4.78, 5) is 26.3. The number of benzene rings is 1. The van der Waals surface area contributed by atoms with Crippen LogP contribution in [-0.4, -0.2) is 46.2 Å². The Bertz CT molecular complexity index is 1600. The van der Waals surface area contributed by atoms with Crippen LogP contribution in [0.1, 0.15) is 11.1 Å². The number of alkyl halides is 3. The van der Waals surface area contributed by atoms with Crippen LogP contribution in [0.4, 0.5) is 36.4 Å². The number of aryl methyl sites for hydroxylation is 1. The second-order valence-electron chi connectivity index (χ2n) is 7.87. The predicted octanol–water partition coefficient (Wildman–Crippen LogP) is 2.82. The number of hydrogen-bond donors (Lipinski definition) is 3. The second kappa shape index (κ2) is 9.14. The normalized spacial score (nSPS) is 12.1. The molecule has 11 nitrogen and oxygen atoms in total. The molecule has 0 saturated heterocycles. The van der Waals surface area contributed by atoms with Gasteiger partial charge in [-0.1, -0.05) is 6.07 Å². The van der Waals surface area contributed by atoms with Gasteiger partial charge in [-0.05, 0) is 24.3 Å². The van der Waals surface area contributed by atoms with Crippen molar-refractivity contribution in [1.29, 1.82) is 0 Å². The van der Waals surface area contributed by atoms with Crippen molar-refractivity contribution in [2.45, 2.75) is 12.7 Å². The van der Waals surface area contributed by atoms with Gasteiger partial charge in [0, 0.05) is 44.3 Å². The van der Waals surface area contributed by atoms with Crippen molar-refractivity contribution in [3.63, 3.8) is 0 Å². The average molecular weight is 523 g/mol. The van der Waals surface area contributed by atoms with E-state index in [0.717, 1.165) is 10.6 Å². The van der Waals surface area contributed by atoms with E-state index < -0.39 is 27.6 Å². The topological polar surface area (TPSA) is 138 Å². The third kappa shape index (κ3) is 5.10. The van der Waals surface area contributed by atoms with E-state index in [2.05, 4.69) is 30.6 Å². The number of anilines is 4. The molecule has 3 N–H and O–H groups in total. The van der Waals surface area contributed by atoms with Gasteiger partial charge in [0.1, 0.15) is 17.2 Å². The lowest BCUT2D eigenvalue weighted by Gasteiger charge is -2.20. The van der Waals surface area contributed by atoms with Crippen molar-refractivity contribution in [3.8, 4) is 0 Å².